The Morgan fingerprint density at radius 3 is 2.06 bits per heavy atom. The molecule has 0 N–H and O–H groups in total. The second kappa shape index (κ2) is 18.7. The number of para-hydroxylation sites is 1. The third-order valence-corrected chi connectivity index (χ3v) is 21.8. The summed E-state index contributed by atoms with van der Waals surface area (Å²) in [6, 6.07) is 84.6. The molecule has 6 aliphatic carbocycles. The van der Waals surface area contributed by atoms with Gasteiger partial charge in [0.2, 0.25) is 0 Å². The van der Waals surface area contributed by atoms with Gasteiger partial charge >= 0.3 is 0 Å². The van der Waals surface area contributed by atoms with Crippen molar-refractivity contribution in [1.82, 2.24) is 4.98 Å². The number of fused-ring (bicyclic) bond motifs is 7. The molecule has 2 aromatic heterocycles. The highest BCUT2D eigenvalue weighted by Crippen LogP contribution is 2.70. The molecule has 0 saturated heterocycles. The highest BCUT2D eigenvalue weighted by Gasteiger charge is 2.62. The normalized spacial score (nSPS) is 20.1. The monoisotopic (exact) mass is 1110 g/mol. The van der Waals surface area contributed by atoms with E-state index in [0.717, 1.165) is 68.2 Å². The molecule has 4 nitrogen and oxygen atoms in total. The zero-order valence-electron chi connectivity index (χ0n) is 47.3. The minimum Gasteiger partial charge on any atom is -0.310 e. The van der Waals surface area contributed by atoms with Crippen molar-refractivity contribution in [2.24, 2.45) is 23.7 Å². The summed E-state index contributed by atoms with van der Waals surface area (Å²) in [7, 11) is 0. The van der Waals surface area contributed by atoms with Gasteiger partial charge in [-0.2, -0.15) is 5.26 Å². The molecule has 404 valence electrons. The van der Waals surface area contributed by atoms with Crippen molar-refractivity contribution in [3.05, 3.63) is 270 Å². The fourth-order valence-corrected chi connectivity index (χ4v) is 18.6. The van der Waals surface area contributed by atoms with E-state index in [0.29, 0.717) is 18.3 Å². The van der Waals surface area contributed by atoms with Gasteiger partial charge < -0.3 is 9.80 Å². The highest BCUT2D eigenvalue weighted by molar-refractivity contribution is 7.25. The van der Waals surface area contributed by atoms with Gasteiger partial charge in [0.05, 0.1) is 23.0 Å². The van der Waals surface area contributed by atoms with Crippen molar-refractivity contribution in [1.29, 1.82) is 5.26 Å². The van der Waals surface area contributed by atoms with Crippen LogP contribution < -0.4 is 9.80 Å². The minimum absolute atomic E-state index is 0.136. The molecule has 19 rings (SSSR count). The fourth-order valence-electron chi connectivity index (χ4n) is 17.4. The molecule has 0 aliphatic heterocycles. The molecule has 2 heterocycles. The predicted molar refractivity (Wildman–Crippen MR) is 355 cm³/mol. The van der Waals surface area contributed by atoms with Crippen molar-refractivity contribution in [3.63, 3.8) is 0 Å². The topological polar surface area (TPSA) is 43.2 Å². The van der Waals surface area contributed by atoms with Crippen LogP contribution in [-0.4, -0.2) is 4.98 Å². The number of benzene rings is 11. The van der Waals surface area contributed by atoms with Gasteiger partial charge in [-0.3, -0.25) is 4.98 Å². The van der Waals surface area contributed by atoms with Gasteiger partial charge in [0.1, 0.15) is 0 Å². The van der Waals surface area contributed by atoms with Gasteiger partial charge in [0.15, 0.2) is 0 Å². The largest absolute Gasteiger partial charge is 0.310 e. The summed E-state index contributed by atoms with van der Waals surface area (Å²) in [6.45, 7) is 2.30. The van der Waals surface area contributed by atoms with Gasteiger partial charge in [-0.05, 0) is 230 Å². The Morgan fingerprint density at radius 2 is 1.24 bits per heavy atom. The summed E-state index contributed by atoms with van der Waals surface area (Å²) in [5.41, 5.74) is 21.0. The first-order valence-electron chi connectivity index (χ1n) is 30.4. The van der Waals surface area contributed by atoms with Crippen molar-refractivity contribution in [3.8, 4) is 28.3 Å². The Labute approximate surface area is 499 Å². The van der Waals surface area contributed by atoms with Crippen LogP contribution in [0.25, 0.3) is 86.4 Å². The third kappa shape index (κ3) is 7.28. The quantitative estimate of drug-likeness (QED) is 0.142. The molecular weight excluding hydrogens is 1050 g/mol. The van der Waals surface area contributed by atoms with E-state index in [-0.39, 0.29) is 5.41 Å². The SMILES string of the molecule is Cc1cc2c(N(c3ccccc3)c3ccc4c(c3)sc3ccccc34)ccc3c2c2c(c(N(c4cc(C#N)c5c(c4)-c4ccccc4C54C5CC6CC(C5)CC4C6)c4ccc5ccccc5c4)ccc12)C/C3=C\c1ccc(-c2cccnc2)cc1. The van der Waals surface area contributed by atoms with Crippen molar-refractivity contribution in [2.75, 3.05) is 9.80 Å². The summed E-state index contributed by atoms with van der Waals surface area (Å²) in [5, 5.41) is 21.8. The Hall–Kier alpha value is -9.60. The average molecular weight is 1110 g/mol. The Balaban J connectivity index is 0.901. The van der Waals surface area contributed by atoms with E-state index in [1.807, 2.05) is 29.8 Å². The van der Waals surface area contributed by atoms with E-state index < -0.39 is 0 Å². The predicted octanol–water partition coefficient (Wildman–Crippen LogP) is 21.5. The zero-order chi connectivity index (χ0) is 56.1. The van der Waals surface area contributed by atoms with Gasteiger partial charge in [-0.25, -0.2) is 0 Å². The van der Waals surface area contributed by atoms with Crippen molar-refractivity contribution < 1.29 is 0 Å². The van der Waals surface area contributed by atoms with E-state index >= 15 is 0 Å². The maximum Gasteiger partial charge on any atom is 0.0995 e. The van der Waals surface area contributed by atoms with Crippen LogP contribution in [0.15, 0.2) is 231 Å². The number of rotatable bonds is 8. The van der Waals surface area contributed by atoms with Gasteiger partial charge in [0.25, 0.3) is 0 Å². The fraction of sp³-hybridized carbons (Fsp3) is 0.150. The number of pyridine rings is 1. The Bertz CT molecular complexity index is 5000. The molecule has 1 spiro atoms. The van der Waals surface area contributed by atoms with Crippen LogP contribution in [0.2, 0.25) is 0 Å². The van der Waals surface area contributed by atoms with E-state index in [4.69, 9.17) is 0 Å². The summed E-state index contributed by atoms with van der Waals surface area (Å²) in [4.78, 5) is 9.45. The Morgan fingerprint density at radius 1 is 0.518 bits per heavy atom. The lowest BCUT2D eigenvalue weighted by molar-refractivity contribution is -0.0400. The van der Waals surface area contributed by atoms with E-state index in [9.17, 15) is 5.26 Å². The van der Waals surface area contributed by atoms with Crippen LogP contribution >= 0.6 is 11.3 Å². The lowest BCUT2D eigenvalue weighted by atomic mass is 9.43. The van der Waals surface area contributed by atoms with Crippen LogP contribution in [0.1, 0.15) is 71.0 Å². The minimum atomic E-state index is -0.136. The second-order valence-corrected chi connectivity index (χ2v) is 26.1. The number of allylic oxidation sites excluding steroid dienone is 1. The number of aromatic nitrogens is 1. The number of nitrogens with zero attached hydrogens (tertiary/aromatic N) is 4. The maximum atomic E-state index is 11.8. The van der Waals surface area contributed by atoms with Gasteiger partial charge in [-0.15, -0.1) is 11.3 Å². The van der Waals surface area contributed by atoms with E-state index in [1.165, 1.54) is 129 Å². The number of aryl methyl sites for hydroxylation is 1. The zero-order valence-corrected chi connectivity index (χ0v) is 48.1. The third-order valence-electron chi connectivity index (χ3n) is 20.6. The first kappa shape index (κ1) is 48.9. The smallest absolute Gasteiger partial charge is 0.0995 e. The molecule has 0 unspecified atom stereocenters. The lowest BCUT2D eigenvalue weighted by Crippen LogP contribution is -2.55. The standard InChI is InChI=1S/C80H58N4S/c1-48-34-70-73(83(60-15-3-2-4-16-60)62-27-28-68-67-18-8-10-20-75(67)85-76(68)45-62)32-30-65-56(36-49-21-23-53(24-22-49)55-14-11-33-82-47-55)43-71-74(31-29-64(48)77(71)78(65)70)84(61-26-25-52-12-5-6-13-54(52)41-61)63-42-57(46-81)79-69(44-63)66-17-7-9-19-72(66)80(79)58-37-50-35-51(39-58)40-59(80)38-50/h2-34,36,41-42,44-45,47,50-51,58-59H,35,37-40,43H2,1H3/b56-36+. The van der Waals surface area contributed by atoms with E-state index in [1.54, 1.807) is 0 Å². The van der Waals surface area contributed by atoms with E-state index in [2.05, 4.69) is 246 Å². The summed E-state index contributed by atoms with van der Waals surface area (Å²) < 4.78 is 2.57. The number of anilines is 6. The van der Waals surface area contributed by atoms with Crippen LogP contribution in [0.3, 0.4) is 0 Å². The number of hydrogen-bond donors (Lipinski definition) is 0. The molecule has 11 aromatic carbocycles. The van der Waals surface area contributed by atoms with Crippen molar-refractivity contribution >= 4 is 110 Å². The molecular formula is C80H58N4S. The number of thiophene rings is 1. The Kier molecular flexibility index (Phi) is 10.8. The van der Waals surface area contributed by atoms with Crippen LogP contribution in [0.5, 0.6) is 0 Å². The van der Waals surface area contributed by atoms with Crippen molar-refractivity contribution in [2.45, 2.75) is 50.9 Å². The molecule has 85 heavy (non-hydrogen) atoms. The number of hydrogen-bond acceptors (Lipinski definition) is 5. The van der Waals surface area contributed by atoms with Crippen LogP contribution in [-0.2, 0) is 11.8 Å². The first-order chi connectivity index (χ1) is 41.9. The average Bonchev–Trinajstić information content (AvgIpc) is 1.64. The molecule has 13 aromatic rings. The summed E-state index contributed by atoms with van der Waals surface area (Å²) in [5.74, 6) is 2.72. The number of nitriles is 1. The first-order valence-corrected chi connectivity index (χ1v) is 31.2. The highest BCUT2D eigenvalue weighted by atomic mass is 32.1. The molecule has 0 amide bonds. The van der Waals surface area contributed by atoms with Gasteiger partial charge in [-0.1, -0.05) is 146 Å². The molecule has 4 bridgehead atoms. The second-order valence-electron chi connectivity index (χ2n) is 25.0. The molecule has 4 saturated carbocycles. The lowest BCUT2D eigenvalue weighted by Gasteiger charge is -2.61. The molecule has 5 heteroatoms. The van der Waals surface area contributed by atoms with Gasteiger partial charge in [0, 0.05) is 72.5 Å². The summed E-state index contributed by atoms with van der Waals surface area (Å²) in [6.07, 6.45) is 13.4. The molecule has 4 fully saturated rings. The molecule has 0 atom stereocenters. The van der Waals surface area contributed by atoms with Crippen LogP contribution in [0, 0.1) is 41.9 Å². The molecule has 0 radical (unpaired) electrons. The maximum absolute atomic E-state index is 11.8. The van der Waals surface area contributed by atoms with Crippen LogP contribution in [0.4, 0.5) is 34.1 Å². The molecule has 6 aliphatic rings. The summed E-state index contributed by atoms with van der Waals surface area (Å²) >= 11 is 1.86.